The molecule has 18 heavy (non-hydrogen) atoms. The Hall–Kier alpha value is -1.96. The summed E-state index contributed by atoms with van der Waals surface area (Å²) < 4.78 is 0. The fourth-order valence-electron chi connectivity index (χ4n) is 2.62. The van der Waals surface area contributed by atoms with Crippen molar-refractivity contribution in [3.63, 3.8) is 0 Å². The first-order valence-electron chi connectivity index (χ1n) is 6.37. The van der Waals surface area contributed by atoms with Gasteiger partial charge in [0.05, 0.1) is 0 Å². The summed E-state index contributed by atoms with van der Waals surface area (Å²) in [7, 11) is 2.15. The van der Waals surface area contributed by atoms with Crippen molar-refractivity contribution < 1.29 is 5.11 Å². The summed E-state index contributed by atoms with van der Waals surface area (Å²) in [6.07, 6.45) is 2.38. The minimum Gasteiger partial charge on any atom is -0.508 e. The molecule has 0 saturated carbocycles. The Labute approximate surface area is 107 Å². The highest BCUT2D eigenvalue weighted by molar-refractivity contribution is 5.70. The lowest BCUT2D eigenvalue weighted by Crippen LogP contribution is -2.24. The Morgan fingerprint density at radius 2 is 1.72 bits per heavy atom. The van der Waals surface area contributed by atoms with E-state index in [1.165, 1.54) is 23.2 Å². The van der Waals surface area contributed by atoms with E-state index in [9.17, 15) is 5.11 Å². The highest BCUT2D eigenvalue weighted by Gasteiger charge is 2.13. The number of phenolic OH excluding ortho intramolecular Hbond substituents is 1. The zero-order valence-corrected chi connectivity index (χ0v) is 10.6. The Morgan fingerprint density at radius 3 is 2.50 bits per heavy atom. The molecule has 0 amide bonds. The molecule has 3 rings (SSSR count). The van der Waals surface area contributed by atoms with Gasteiger partial charge in [-0.1, -0.05) is 18.2 Å². The molecular weight excluding hydrogens is 222 g/mol. The van der Waals surface area contributed by atoms with E-state index in [2.05, 4.69) is 30.1 Å². The third kappa shape index (κ3) is 1.94. The summed E-state index contributed by atoms with van der Waals surface area (Å²) in [5.74, 6) is 0.316. The summed E-state index contributed by atoms with van der Waals surface area (Å²) in [5, 5.41) is 9.32. The van der Waals surface area contributed by atoms with Crippen molar-refractivity contribution in [1.82, 2.24) is 0 Å². The van der Waals surface area contributed by atoms with Gasteiger partial charge in [0.2, 0.25) is 0 Å². The molecule has 0 radical (unpaired) electrons. The van der Waals surface area contributed by atoms with Crippen LogP contribution in [-0.2, 0) is 6.42 Å². The Morgan fingerprint density at radius 1 is 1.00 bits per heavy atom. The molecule has 1 aliphatic heterocycles. The van der Waals surface area contributed by atoms with Crippen LogP contribution in [0.25, 0.3) is 11.1 Å². The molecule has 0 saturated heterocycles. The molecule has 0 unspecified atom stereocenters. The van der Waals surface area contributed by atoms with E-state index in [-0.39, 0.29) is 0 Å². The topological polar surface area (TPSA) is 23.5 Å². The average Bonchev–Trinajstić information content (AvgIpc) is 2.39. The fourth-order valence-corrected chi connectivity index (χ4v) is 2.62. The third-order valence-electron chi connectivity index (χ3n) is 3.63. The van der Waals surface area contributed by atoms with Crippen molar-refractivity contribution in [3.8, 4) is 16.9 Å². The Kier molecular flexibility index (Phi) is 2.71. The van der Waals surface area contributed by atoms with Gasteiger partial charge in [-0.25, -0.2) is 0 Å². The van der Waals surface area contributed by atoms with Crippen LogP contribution in [-0.4, -0.2) is 18.7 Å². The van der Waals surface area contributed by atoms with Crippen LogP contribution in [0.4, 0.5) is 5.69 Å². The van der Waals surface area contributed by atoms with Crippen LogP contribution in [0, 0.1) is 0 Å². The zero-order valence-electron chi connectivity index (χ0n) is 10.6. The molecule has 1 N–H and O–H groups in total. The highest BCUT2D eigenvalue weighted by atomic mass is 16.3. The van der Waals surface area contributed by atoms with E-state index >= 15 is 0 Å². The number of anilines is 1. The standard InChI is InChI=1S/C16H17NO/c1-17-10-2-3-14-11-13(6-9-16(14)17)12-4-7-15(18)8-5-12/h4-9,11,18H,2-3,10H2,1H3. The molecule has 2 aromatic rings. The lowest BCUT2D eigenvalue weighted by Gasteiger charge is -2.27. The van der Waals surface area contributed by atoms with E-state index in [0.29, 0.717) is 5.75 Å². The number of rotatable bonds is 1. The number of phenols is 1. The number of hydrogen-bond acceptors (Lipinski definition) is 2. The quantitative estimate of drug-likeness (QED) is 0.824. The normalized spacial score (nSPS) is 14.4. The Balaban J connectivity index is 2.01. The predicted octanol–water partition coefficient (Wildman–Crippen LogP) is 3.44. The van der Waals surface area contributed by atoms with Crippen molar-refractivity contribution in [3.05, 3.63) is 48.0 Å². The van der Waals surface area contributed by atoms with Crippen molar-refractivity contribution in [1.29, 1.82) is 0 Å². The molecule has 92 valence electrons. The maximum atomic E-state index is 9.32. The fraction of sp³-hybridized carbons (Fsp3) is 0.250. The number of aryl methyl sites for hydroxylation is 1. The van der Waals surface area contributed by atoms with Gasteiger partial charge < -0.3 is 10.0 Å². The zero-order chi connectivity index (χ0) is 12.5. The van der Waals surface area contributed by atoms with Gasteiger partial charge in [-0.15, -0.1) is 0 Å². The second-order valence-corrected chi connectivity index (χ2v) is 4.92. The number of hydrogen-bond donors (Lipinski definition) is 1. The second kappa shape index (κ2) is 4.37. The van der Waals surface area contributed by atoms with Gasteiger partial charge >= 0.3 is 0 Å². The lowest BCUT2D eigenvalue weighted by atomic mass is 9.96. The lowest BCUT2D eigenvalue weighted by molar-refractivity contribution is 0.475. The third-order valence-corrected chi connectivity index (χ3v) is 3.63. The SMILES string of the molecule is CN1CCCc2cc(-c3ccc(O)cc3)ccc21. The molecule has 0 atom stereocenters. The van der Waals surface area contributed by atoms with Gasteiger partial charge in [-0.2, -0.15) is 0 Å². The van der Waals surface area contributed by atoms with Crippen molar-refractivity contribution in [2.75, 3.05) is 18.5 Å². The number of nitrogens with zero attached hydrogens (tertiary/aromatic N) is 1. The van der Waals surface area contributed by atoms with Crippen molar-refractivity contribution in [2.45, 2.75) is 12.8 Å². The summed E-state index contributed by atoms with van der Waals surface area (Å²) in [6, 6.07) is 14.0. The maximum Gasteiger partial charge on any atom is 0.115 e. The van der Waals surface area contributed by atoms with Gasteiger partial charge in [0.25, 0.3) is 0 Å². The minimum atomic E-state index is 0.316. The molecule has 2 nitrogen and oxygen atoms in total. The van der Waals surface area contributed by atoms with Gasteiger partial charge in [-0.05, 0) is 53.8 Å². The number of aromatic hydroxyl groups is 1. The van der Waals surface area contributed by atoms with Crippen LogP contribution in [0.3, 0.4) is 0 Å². The maximum absolute atomic E-state index is 9.32. The Bertz CT molecular complexity index is 560. The minimum absolute atomic E-state index is 0.316. The smallest absolute Gasteiger partial charge is 0.115 e. The van der Waals surface area contributed by atoms with Crippen LogP contribution in [0.15, 0.2) is 42.5 Å². The number of fused-ring (bicyclic) bond motifs is 1. The van der Waals surface area contributed by atoms with Crippen molar-refractivity contribution in [2.24, 2.45) is 0 Å². The molecule has 2 heteroatoms. The molecule has 0 fully saturated rings. The molecule has 2 aromatic carbocycles. The first-order valence-corrected chi connectivity index (χ1v) is 6.37. The summed E-state index contributed by atoms with van der Waals surface area (Å²) in [6.45, 7) is 1.14. The van der Waals surface area contributed by atoms with Gasteiger partial charge in [0, 0.05) is 19.3 Å². The van der Waals surface area contributed by atoms with Crippen LogP contribution in [0.1, 0.15) is 12.0 Å². The second-order valence-electron chi connectivity index (χ2n) is 4.92. The molecule has 0 aromatic heterocycles. The van der Waals surface area contributed by atoms with Crippen LogP contribution < -0.4 is 4.90 Å². The molecule has 0 aliphatic carbocycles. The van der Waals surface area contributed by atoms with Crippen LogP contribution in [0.2, 0.25) is 0 Å². The first kappa shape index (κ1) is 11.1. The van der Waals surface area contributed by atoms with E-state index in [1.807, 2.05) is 12.1 Å². The molecular formula is C16H17NO. The van der Waals surface area contributed by atoms with Crippen LogP contribution >= 0.6 is 0 Å². The van der Waals surface area contributed by atoms with Crippen LogP contribution in [0.5, 0.6) is 5.75 Å². The van der Waals surface area contributed by atoms with Gasteiger partial charge in [-0.3, -0.25) is 0 Å². The van der Waals surface area contributed by atoms with Crippen molar-refractivity contribution >= 4 is 5.69 Å². The van der Waals surface area contributed by atoms with E-state index in [4.69, 9.17) is 0 Å². The molecule has 1 heterocycles. The summed E-state index contributed by atoms with van der Waals surface area (Å²) in [4.78, 5) is 2.32. The molecule has 0 spiro atoms. The highest BCUT2D eigenvalue weighted by Crippen LogP contribution is 2.31. The largest absolute Gasteiger partial charge is 0.508 e. The van der Waals surface area contributed by atoms with E-state index in [0.717, 1.165) is 18.5 Å². The monoisotopic (exact) mass is 239 g/mol. The summed E-state index contributed by atoms with van der Waals surface area (Å²) in [5.41, 5.74) is 5.16. The summed E-state index contributed by atoms with van der Waals surface area (Å²) >= 11 is 0. The molecule has 1 aliphatic rings. The molecule has 0 bridgehead atoms. The van der Waals surface area contributed by atoms with E-state index < -0.39 is 0 Å². The van der Waals surface area contributed by atoms with Gasteiger partial charge in [0.1, 0.15) is 5.75 Å². The average molecular weight is 239 g/mol. The predicted molar refractivity (Wildman–Crippen MR) is 75.1 cm³/mol. The van der Waals surface area contributed by atoms with Gasteiger partial charge in [0.15, 0.2) is 0 Å². The number of benzene rings is 2. The van der Waals surface area contributed by atoms with E-state index in [1.54, 1.807) is 12.1 Å². The first-order chi connectivity index (χ1) is 8.74.